The van der Waals surface area contributed by atoms with Gasteiger partial charge in [0, 0.05) is 0 Å². The maximum absolute atomic E-state index is 3.60. The van der Waals surface area contributed by atoms with Crippen LogP contribution < -0.4 is 0 Å². The van der Waals surface area contributed by atoms with Crippen LogP contribution >= 0.6 is 0 Å². The van der Waals surface area contributed by atoms with E-state index in [-0.39, 0.29) is 0 Å². The minimum Gasteiger partial charge on any atom is -0.0842 e. The average Bonchev–Trinajstić information content (AvgIpc) is 2.14. The summed E-state index contributed by atoms with van der Waals surface area (Å²) >= 11 is 0. The Bertz CT molecular complexity index is 255. The summed E-state index contributed by atoms with van der Waals surface area (Å²) in [7, 11) is 0. The van der Waals surface area contributed by atoms with E-state index in [4.69, 9.17) is 0 Å². The highest BCUT2D eigenvalue weighted by Gasteiger charge is 1.83. The molecule has 61 valence electrons. The summed E-state index contributed by atoms with van der Waals surface area (Å²) in [6.07, 6.45) is 8.84. The molecule has 0 atom stereocenters. The number of benzene rings is 1. The van der Waals surface area contributed by atoms with Gasteiger partial charge in [-0.1, -0.05) is 54.6 Å². The highest BCUT2D eigenvalue weighted by molar-refractivity contribution is 5.18. The molecule has 1 aromatic carbocycles. The lowest BCUT2D eigenvalue weighted by Gasteiger charge is -1.92. The lowest BCUT2D eigenvalue weighted by atomic mass is 10.1. The van der Waals surface area contributed by atoms with Gasteiger partial charge < -0.3 is 0 Å². The van der Waals surface area contributed by atoms with Crippen LogP contribution in [0.5, 0.6) is 0 Å². The van der Waals surface area contributed by atoms with Gasteiger partial charge in [-0.05, 0) is 18.9 Å². The molecule has 0 heteroatoms. The summed E-state index contributed by atoms with van der Waals surface area (Å²) in [6, 6.07) is 10.4. The Morgan fingerprint density at radius 1 is 1.08 bits per heavy atom. The molecule has 0 N–H and O–H groups in total. The van der Waals surface area contributed by atoms with Gasteiger partial charge in [-0.25, -0.2) is 0 Å². The molecule has 0 spiro atoms. The molecule has 12 heavy (non-hydrogen) atoms. The van der Waals surface area contributed by atoms with Crippen molar-refractivity contribution < 1.29 is 0 Å². The SMILES string of the molecule is [CH2]/C=C/C=C/Cc1ccccc1. The molecule has 0 fully saturated rings. The summed E-state index contributed by atoms with van der Waals surface area (Å²) in [4.78, 5) is 0. The minimum absolute atomic E-state index is 0.991. The Hall–Kier alpha value is -1.30. The summed E-state index contributed by atoms with van der Waals surface area (Å²) in [5.74, 6) is 0. The van der Waals surface area contributed by atoms with E-state index < -0.39 is 0 Å². The number of hydrogen-bond donors (Lipinski definition) is 0. The van der Waals surface area contributed by atoms with Gasteiger partial charge in [0.1, 0.15) is 0 Å². The van der Waals surface area contributed by atoms with Crippen molar-refractivity contribution >= 4 is 0 Å². The van der Waals surface area contributed by atoms with Crippen LogP contribution in [0.3, 0.4) is 0 Å². The normalized spacial score (nSPS) is 11.4. The maximum atomic E-state index is 3.60. The van der Waals surface area contributed by atoms with E-state index in [9.17, 15) is 0 Å². The molecule has 0 amide bonds. The molecule has 1 aromatic rings. The zero-order valence-electron chi connectivity index (χ0n) is 7.11. The van der Waals surface area contributed by atoms with Crippen LogP contribution in [-0.4, -0.2) is 0 Å². The van der Waals surface area contributed by atoms with Gasteiger partial charge in [0.2, 0.25) is 0 Å². The third-order valence-corrected chi connectivity index (χ3v) is 1.58. The lowest BCUT2D eigenvalue weighted by molar-refractivity contribution is 1.27. The fourth-order valence-corrected chi connectivity index (χ4v) is 0.975. The fraction of sp³-hybridized carbons (Fsp3) is 0.0833. The van der Waals surface area contributed by atoms with Crippen LogP contribution in [0.2, 0.25) is 0 Å². The Kier molecular flexibility index (Phi) is 3.93. The second kappa shape index (κ2) is 5.36. The number of hydrogen-bond acceptors (Lipinski definition) is 0. The molecule has 1 radical (unpaired) electrons. The minimum atomic E-state index is 0.991. The van der Waals surface area contributed by atoms with E-state index in [1.807, 2.05) is 18.2 Å². The molecular formula is C12H13. The molecule has 0 heterocycles. The smallest absolute Gasteiger partial charge is 0.00943 e. The van der Waals surface area contributed by atoms with Crippen molar-refractivity contribution in [2.75, 3.05) is 0 Å². The Morgan fingerprint density at radius 2 is 1.83 bits per heavy atom. The standard InChI is InChI=1S/C12H13/c1-2-3-4-6-9-12-10-7-5-8-11-12/h2-8,10-11H,1,9H2/b3-2+,6-4+. The summed E-state index contributed by atoms with van der Waals surface area (Å²) in [5, 5.41) is 0. The van der Waals surface area contributed by atoms with E-state index in [1.54, 1.807) is 6.08 Å². The van der Waals surface area contributed by atoms with Crippen molar-refractivity contribution in [2.45, 2.75) is 6.42 Å². The second-order valence-electron chi connectivity index (χ2n) is 2.55. The quantitative estimate of drug-likeness (QED) is 0.591. The zero-order chi connectivity index (χ0) is 8.65. The Morgan fingerprint density at radius 3 is 2.50 bits per heavy atom. The first-order valence-corrected chi connectivity index (χ1v) is 4.08. The predicted molar refractivity (Wildman–Crippen MR) is 53.8 cm³/mol. The predicted octanol–water partition coefficient (Wildman–Crippen LogP) is 3.18. The Balaban J connectivity index is 2.43. The molecule has 0 saturated carbocycles. The van der Waals surface area contributed by atoms with E-state index >= 15 is 0 Å². The average molecular weight is 157 g/mol. The van der Waals surface area contributed by atoms with Gasteiger partial charge >= 0.3 is 0 Å². The molecule has 0 saturated heterocycles. The van der Waals surface area contributed by atoms with Crippen molar-refractivity contribution in [3.8, 4) is 0 Å². The second-order valence-corrected chi connectivity index (χ2v) is 2.55. The molecule has 1 rings (SSSR count). The Labute approximate surface area is 74.2 Å². The third-order valence-electron chi connectivity index (χ3n) is 1.58. The summed E-state index contributed by atoms with van der Waals surface area (Å²) in [6.45, 7) is 3.60. The first-order chi connectivity index (χ1) is 5.93. The third kappa shape index (κ3) is 3.20. The zero-order valence-corrected chi connectivity index (χ0v) is 7.11. The monoisotopic (exact) mass is 157 g/mol. The van der Waals surface area contributed by atoms with E-state index in [0.29, 0.717) is 0 Å². The summed E-state index contributed by atoms with van der Waals surface area (Å²) in [5.41, 5.74) is 1.34. The van der Waals surface area contributed by atoms with Gasteiger partial charge in [0.05, 0.1) is 0 Å². The maximum Gasteiger partial charge on any atom is -0.00943 e. The van der Waals surface area contributed by atoms with Crippen LogP contribution in [0.15, 0.2) is 54.6 Å². The van der Waals surface area contributed by atoms with Gasteiger partial charge in [0.25, 0.3) is 0 Å². The van der Waals surface area contributed by atoms with E-state index in [2.05, 4.69) is 37.3 Å². The van der Waals surface area contributed by atoms with Crippen LogP contribution in [0.4, 0.5) is 0 Å². The van der Waals surface area contributed by atoms with Gasteiger partial charge in [0.15, 0.2) is 0 Å². The lowest BCUT2D eigenvalue weighted by Crippen LogP contribution is -1.77. The molecule has 0 nitrogen and oxygen atoms in total. The number of rotatable bonds is 3. The molecule has 0 aromatic heterocycles. The first kappa shape index (κ1) is 8.79. The molecular weight excluding hydrogens is 144 g/mol. The van der Waals surface area contributed by atoms with Crippen molar-refractivity contribution in [1.82, 2.24) is 0 Å². The molecule has 0 bridgehead atoms. The van der Waals surface area contributed by atoms with E-state index in [0.717, 1.165) is 6.42 Å². The van der Waals surface area contributed by atoms with Gasteiger partial charge in [-0.15, -0.1) is 0 Å². The molecule has 0 aliphatic carbocycles. The fourth-order valence-electron chi connectivity index (χ4n) is 0.975. The van der Waals surface area contributed by atoms with Crippen molar-refractivity contribution in [3.63, 3.8) is 0 Å². The topological polar surface area (TPSA) is 0 Å². The summed E-state index contributed by atoms with van der Waals surface area (Å²) < 4.78 is 0. The van der Waals surface area contributed by atoms with Gasteiger partial charge in [-0.2, -0.15) is 0 Å². The van der Waals surface area contributed by atoms with Crippen molar-refractivity contribution in [3.05, 3.63) is 67.1 Å². The van der Waals surface area contributed by atoms with E-state index in [1.165, 1.54) is 5.56 Å². The van der Waals surface area contributed by atoms with Crippen LogP contribution in [0.1, 0.15) is 5.56 Å². The van der Waals surface area contributed by atoms with Crippen LogP contribution in [0, 0.1) is 6.92 Å². The largest absolute Gasteiger partial charge is 0.0842 e. The van der Waals surface area contributed by atoms with Crippen LogP contribution in [0.25, 0.3) is 0 Å². The molecule has 0 aliphatic rings. The van der Waals surface area contributed by atoms with Crippen molar-refractivity contribution in [2.24, 2.45) is 0 Å². The molecule has 0 aliphatic heterocycles. The van der Waals surface area contributed by atoms with Crippen LogP contribution in [-0.2, 0) is 6.42 Å². The highest BCUT2D eigenvalue weighted by Crippen LogP contribution is 1.99. The number of allylic oxidation sites excluding steroid dienone is 4. The highest BCUT2D eigenvalue weighted by atomic mass is 13.9. The van der Waals surface area contributed by atoms with Gasteiger partial charge in [-0.3, -0.25) is 0 Å². The first-order valence-electron chi connectivity index (χ1n) is 4.08. The van der Waals surface area contributed by atoms with Crippen molar-refractivity contribution in [1.29, 1.82) is 0 Å². The molecule has 0 unspecified atom stereocenters.